The fraction of sp³-hybridized carbons (Fsp3) is 0.650. The molecule has 0 saturated heterocycles. The van der Waals surface area contributed by atoms with Crippen LogP contribution in [0.5, 0.6) is 0 Å². The molecule has 2 aliphatic carbocycles. The first-order chi connectivity index (χ1) is 13.1. The molecule has 2 aromatic rings. The van der Waals surface area contributed by atoms with Crippen molar-refractivity contribution in [3.63, 3.8) is 0 Å². The topological polar surface area (TPSA) is 75.3 Å². The Morgan fingerprint density at radius 2 is 2.00 bits per heavy atom. The Kier molecular flexibility index (Phi) is 5.32. The van der Waals surface area contributed by atoms with Gasteiger partial charge >= 0.3 is 5.97 Å². The van der Waals surface area contributed by atoms with Gasteiger partial charge in [-0.2, -0.15) is 0 Å². The zero-order chi connectivity index (χ0) is 19.0. The number of nitrogens with one attached hydrogen (secondary N) is 1. The highest BCUT2D eigenvalue weighted by molar-refractivity contribution is 7.20. The van der Waals surface area contributed by atoms with Crippen LogP contribution >= 0.6 is 11.3 Å². The van der Waals surface area contributed by atoms with Gasteiger partial charge in [0, 0.05) is 12.6 Å². The second-order valence-corrected chi connectivity index (χ2v) is 8.90. The average molecular weight is 390 g/mol. The van der Waals surface area contributed by atoms with Gasteiger partial charge in [0.05, 0.1) is 19.0 Å². The number of fused-ring (bicyclic) bond motifs is 1. The number of hydrogen-bond donors (Lipinski definition) is 1. The number of esters is 1. The molecule has 0 aliphatic heterocycles. The first-order valence-corrected chi connectivity index (χ1v) is 10.7. The largest absolute Gasteiger partial charge is 0.465 e. The summed E-state index contributed by atoms with van der Waals surface area (Å²) in [4.78, 5) is 35.8. The SMILES string of the molecule is COC(=O)c1sc2nc(CN(CC3CCCCC3)C3CC3)[nH]c(=O)c2c1C. The molecule has 0 radical (unpaired) electrons. The minimum absolute atomic E-state index is 0.160. The fourth-order valence-electron chi connectivity index (χ4n) is 4.23. The summed E-state index contributed by atoms with van der Waals surface area (Å²) in [6, 6.07) is 0.628. The van der Waals surface area contributed by atoms with E-state index in [-0.39, 0.29) is 5.56 Å². The molecule has 2 aliphatic rings. The number of nitrogens with zero attached hydrogens (tertiary/aromatic N) is 2. The Labute approximate surface area is 162 Å². The fourth-order valence-corrected chi connectivity index (χ4v) is 5.35. The minimum atomic E-state index is -0.409. The van der Waals surface area contributed by atoms with Gasteiger partial charge < -0.3 is 9.72 Å². The number of carbonyl (C=O) groups excluding carboxylic acids is 1. The van der Waals surface area contributed by atoms with E-state index in [1.807, 2.05) is 0 Å². The Hall–Kier alpha value is -1.73. The average Bonchev–Trinajstić information content (AvgIpc) is 3.45. The first kappa shape index (κ1) is 18.6. The van der Waals surface area contributed by atoms with Crippen molar-refractivity contribution >= 4 is 27.5 Å². The van der Waals surface area contributed by atoms with Crippen LogP contribution in [-0.2, 0) is 11.3 Å². The summed E-state index contributed by atoms with van der Waals surface area (Å²) in [5, 5.41) is 0.509. The van der Waals surface area contributed by atoms with E-state index >= 15 is 0 Å². The third kappa shape index (κ3) is 3.94. The highest BCUT2D eigenvalue weighted by atomic mass is 32.1. The van der Waals surface area contributed by atoms with E-state index in [1.54, 1.807) is 6.92 Å². The third-order valence-corrected chi connectivity index (χ3v) is 7.02. The van der Waals surface area contributed by atoms with Crippen molar-refractivity contribution in [3.8, 4) is 0 Å². The van der Waals surface area contributed by atoms with E-state index in [0.717, 1.165) is 12.5 Å². The summed E-state index contributed by atoms with van der Waals surface area (Å²) in [7, 11) is 1.36. The number of hydrogen-bond acceptors (Lipinski definition) is 6. The summed E-state index contributed by atoms with van der Waals surface area (Å²) >= 11 is 1.25. The van der Waals surface area contributed by atoms with Crippen LogP contribution < -0.4 is 5.56 Å². The highest BCUT2D eigenvalue weighted by Gasteiger charge is 2.31. The van der Waals surface area contributed by atoms with E-state index in [0.29, 0.717) is 39.1 Å². The van der Waals surface area contributed by atoms with Gasteiger partial charge in [-0.15, -0.1) is 11.3 Å². The molecule has 0 amide bonds. The molecule has 7 heteroatoms. The molecule has 4 rings (SSSR count). The standard InChI is InChI=1S/C20H27N3O3S/c1-12-16-18(24)21-15(22-19(16)27-17(12)20(25)26-2)11-23(14-8-9-14)10-13-6-4-3-5-7-13/h13-14H,3-11H2,1-2H3,(H,21,22,24). The van der Waals surface area contributed by atoms with Crippen molar-refractivity contribution in [3.05, 3.63) is 26.6 Å². The van der Waals surface area contributed by atoms with Gasteiger partial charge in [-0.1, -0.05) is 19.3 Å². The number of aromatic nitrogens is 2. The van der Waals surface area contributed by atoms with Crippen molar-refractivity contribution in [1.82, 2.24) is 14.9 Å². The third-order valence-electron chi connectivity index (χ3n) is 5.85. The van der Waals surface area contributed by atoms with E-state index in [2.05, 4.69) is 9.88 Å². The van der Waals surface area contributed by atoms with Crippen LogP contribution in [0.25, 0.3) is 10.2 Å². The number of methoxy groups -OCH3 is 1. The van der Waals surface area contributed by atoms with E-state index < -0.39 is 5.97 Å². The van der Waals surface area contributed by atoms with Gasteiger partial charge in [-0.3, -0.25) is 9.69 Å². The lowest BCUT2D eigenvalue weighted by molar-refractivity contribution is 0.0605. The molecule has 0 spiro atoms. The lowest BCUT2D eigenvalue weighted by atomic mass is 9.89. The molecule has 2 heterocycles. The number of H-pyrrole nitrogens is 1. The molecule has 0 unspecified atom stereocenters. The molecule has 27 heavy (non-hydrogen) atoms. The second-order valence-electron chi connectivity index (χ2n) is 7.91. The number of aromatic amines is 1. The number of rotatable bonds is 6. The van der Waals surface area contributed by atoms with Gasteiger partial charge in [-0.05, 0) is 44.1 Å². The van der Waals surface area contributed by atoms with Crippen LogP contribution in [0.4, 0.5) is 0 Å². The van der Waals surface area contributed by atoms with Crippen LogP contribution in [-0.4, -0.2) is 40.5 Å². The maximum absolute atomic E-state index is 12.6. The summed E-state index contributed by atoms with van der Waals surface area (Å²) in [6.07, 6.45) is 9.17. The molecular weight excluding hydrogens is 362 g/mol. The maximum atomic E-state index is 12.6. The van der Waals surface area contributed by atoms with Crippen LogP contribution in [0.15, 0.2) is 4.79 Å². The number of ether oxygens (including phenoxy) is 1. The maximum Gasteiger partial charge on any atom is 0.348 e. The Balaban J connectivity index is 1.58. The summed E-state index contributed by atoms with van der Waals surface area (Å²) in [6.45, 7) is 3.56. The predicted molar refractivity (Wildman–Crippen MR) is 106 cm³/mol. The number of carbonyl (C=O) groups is 1. The molecule has 0 aromatic carbocycles. The van der Waals surface area contributed by atoms with Crippen LogP contribution in [0, 0.1) is 12.8 Å². The van der Waals surface area contributed by atoms with E-state index in [9.17, 15) is 9.59 Å². The van der Waals surface area contributed by atoms with Gasteiger partial charge in [0.15, 0.2) is 0 Å². The normalized spacial score (nSPS) is 18.3. The summed E-state index contributed by atoms with van der Waals surface area (Å²) < 4.78 is 4.83. The number of aryl methyl sites for hydroxylation is 1. The zero-order valence-electron chi connectivity index (χ0n) is 16.0. The Bertz CT molecular complexity index is 894. The van der Waals surface area contributed by atoms with Crippen LogP contribution in [0.1, 0.15) is 66.0 Å². The summed E-state index contributed by atoms with van der Waals surface area (Å²) in [5.41, 5.74) is 0.496. The van der Waals surface area contributed by atoms with Crippen molar-refractivity contribution in [1.29, 1.82) is 0 Å². The highest BCUT2D eigenvalue weighted by Crippen LogP contribution is 2.33. The van der Waals surface area contributed by atoms with Crippen LogP contribution in [0.2, 0.25) is 0 Å². The van der Waals surface area contributed by atoms with Gasteiger partial charge in [0.25, 0.3) is 5.56 Å². The van der Waals surface area contributed by atoms with Crippen molar-refractivity contribution in [2.45, 2.75) is 64.5 Å². The quantitative estimate of drug-likeness (QED) is 0.764. The van der Waals surface area contributed by atoms with Gasteiger partial charge in [0.2, 0.25) is 0 Å². The lowest BCUT2D eigenvalue weighted by Gasteiger charge is -2.29. The zero-order valence-corrected chi connectivity index (χ0v) is 16.9. The monoisotopic (exact) mass is 389 g/mol. The van der Waals surface area contributed by atoms with Gasteiger partial charge in [0.1, 0.15) is 15.5 Å². The molecule has 1 N–H and O–H groups in total. The van der Waals surface area contributed by atoms with Crippen molar-refractivity contribution in [2.24, 2.45) is 5.92 Å². The Morgan fingerprint density at radius 3 is 2.67 bits per heavy atom. The summed E-state index contributed by atoms with van der Waals surface area (Å²) in [5.74, 6) is 1.06. The molecule has 2 saturated carbocycles. The minimum Gasteiger partial charge on any atom is -0.465 e. The molecule has 2 fully saturated rings. The van der Waals surface area contributed by atoms with E-state index in [1.165, 1.54) is 63.4 Å². The van der Waals surface area contributed by atoms with E-state index in [4.69, 9.17) is 9.72 Å². The Morgan fingerprint density at radius 1 is 1.26 bits per heavy atom. The van der Waals surface area contributed by atoms with Crippen LogP contribution in [0.3, 0.4) is 0 Å². The molecule has 6 nitrogen and oxygen atoms in total. The molecule has 2 aromatic heterocycles. The number of thiophene rings is 1. The molecule has 0 bridgehead atoms. The second kappa shape index (κ2) is 7.72. The lowest BCUT2D eigenvalue weighted by Crippen LogP contribution is -2.33. The molecule has 146 valence electrons. The smallest absolute Gasteiger partial charge is 0.348 e. The first-order valence-electron chi connectivity index (χ1n) is 9.91. The molecule has 0 atom stereocenters. The molecular formula is C20H27N3O3S. The van der Waals surface area contributed by atoms with Gasteiger partial charge in [-0.25, -0.2) is 9.78 Å². The van der Waals surface area contributed by atoms with Crippen molar-refractivity contribution in [2.75, 3.05) is 13.7 Å². The van der Waals surface area contributed by atoms with Crippen molar-refractivity contribution < 1.29 is 9.53 Å². The predicted octanol–water partition coefficient (Wildman–Crippen LogP) is 3.62.